The number of aryl methyl sites for hydroxylation is 3. The fourth-order valence-corrected chi connectivity index (χ4v) is 7.24. The Hall–Kier alpha value is -4.84. The minimum atomic E-state index is -0.653. The molecule has 12 nitrogen and oxygen atoms in total. The molecule has 2 fully saturated rings. The second-order valence-corrected chi connectivity index (χ2v) is 13.0. The molecule has 1 spiro atoms. The third-order valence-electron chi connectivity index (χ3n) is 9.65. The van der Waals surface area contributed by atoms with Crippen LogP contribution in [-0.4, -0.2) is 70.9 Å². The van der Waals surface area contributed by atoms with Gasteiger partial charge in [0.15, 0.2) is 5.78 Å². The second kappa shape index (κ2) is 12.1. The average molecular weight is 635 g/mol. The van der Waals surface area contributed by atoms with Crippen molar-refractivity contribution in [3.8, 4) is 11.3 Å². The van der Waals surface area contributed by atoms with E-state index in [0.29, 0.717) is 59.1 Å². The molecule has 242 valence electrons. The minimum Gasteiger partial charge on any atom is -0.373 e. The molecule has 2 bridgehead atoms. The second-order valence-electron chi connectivity index (χ2n) is 13.0. The van der Waals surface area contributed by atoms with E-state index in [1.165, 1.54) is 6.92 Å². The molecule has 4 aromatic rings. The van der Waals surface area contributed by atoms with Gasteiger partial charge in [-0.05, 0) is 70.4 Å². The van der Waals surface area contributed by atoms with Gasteiger partial charge in [-0.2, -0.15) is 5.10 Å². The van der Waals surface area contributed by atoms with Crippen molar-refractivity contribution in [2.24, 2.45) is 5.41 Å². The third-order valence-corrected chi connectivity index (χ3v) is 9.65. The third kappa shape index (κ3) is 5.82. The number of allylic oxidation sites excluding steroid dienone is 1. The van der Waals surface area contributed by atoms with Crippen LogP contribution < -0.4 is 5.32 Å². The van der Waals surface area contributed by atoms with Crippen molar-refractivity contribution in [3.63, 3.8) is 0 Å². The number of nitrogens with zero attached hydrogens (tertiary/aromatic N) is 7. The zero-order valence-corrected chi connectivity index (χ0v) is 27.1. The van der Waals surface area contributed by atoms with Crippen LogP contribution >= 0.6 is 0 Å². The molecule has 1 saturated carbocycles. The number of likely N-dealkylation sites (tertiary alicyclic amines) is 1. The van der Waals surface area contributed by atoms with E-state index < -0.39 is 6.04 Å². The molecule has 0 aromatic carbocycles. The molecule has 1 aliphatic carbocycles. The lowest BCUT2D eigenvalue weighted by Crippen LogP contribution is -2.47. The first kappa shape index (κ1) is 30.8. The van der Waals surface area contributed by atoms with Crippen molar-refractivity contribution in [2.45, 2.75) is 85.0 Å². The Labute approximate surface area is 272 Å². The summed E-state index contributed by atoms with van der Waals surface area (Å²) < 4.78 is 7.41. The number of nitrogens with one attached hydrogen (secondary N) is 1. The highest BCUT2D eigenvalue weighted by Gasteiger charge is 2.66. The number of aromatic nitrogens is 6. The standard InChI is InChI=1S/C35H38N8O4/c1-20-9-10-24-19-47-12-8-6-5-7-11-35-14-28(34(46)40-33(24)38-20)43(29(35)15-35)30(45)18-42-32-21(2)39-27(25-16-36-23(4)37-17-25)13-26(32)31(41-42)22(3)44/h6,8-10,13,16-17,28-29H,5,7,11-12,14-15,18-19H2,1-4H3,(H,38,40,46)/t28-,29+,35-/m0/s1. The number of amides is 2. The Balaban J connectivity index is 1.22. The molecule has 12 heteroatoms. The van der Waals surface area contributed by atoms with Gasteiger partial charge in [0, 0.05) is 47.6 Å². The summed E-state index contributed by atoms with van der Waals surface area (Å²) in [4.78, 5) is 60.8. The van der Waals surface area contributed by atoms with E-state index >= 15 is 0 Å². The number of ether oxygens (including phenoxy) is 1. The van der Waals surface area contributed by atoms with Crippen molar-refractivity contribution in [3.05, 3.63) is 71.2 Å². The maximum atomic E-state index is 14.3. The Morgan fingerprint density at radius 2 is 1.89 bits per heavy atom. The van der Waals surface area contributed by atoms with E-state index in [2.05, 4.69) is 31.4 Å². The zero-order valence-electron chi connectivity index (χ0n) is 27.1. The molecule has 3 atom stereocenters. The van der Waals surface area contributed by atoms with Crippen LogP contribution in [-0.2, 0) is 27.5 Å². The van der Waals surface area contributed by atoms with Crippen molar-refractivity contribution in [1.82, 2.24) is 34.6 Å². The molecule has 1 N–H and O–H groups in total. The summed E-state index contributed by atoms with van der Waals surface area (Å²) >= 11 is 0. The highest BCUT2D eigenvalue weighted by Crippen LogP contribution is 2.62. The van der Waals surface area contributed by atoms with Crippen molar-refractivity contribution in [2.75, 3.05) is 11.9 Å². The van der Waals surface area contributed by atoms with E-state index in [9.17, 15) is 14.4 Å². The molecule has 7 rings (SSSR count). The van der Waals surface area contributed by atoms with Crippen LogP contribution in [0.4, 0.5) is 5.82 Å². The van der Waals surface area contributed by atoms with E-state index in [-0.39, 0.29) is 41.3 Å². The number of fused-ring (bicyclic) bond motifs is 3. The van der Waals surface area contributed by atoms with Gasteiger partial charge < -0.3 is 15.0 Å². The highest BCUT2D eigenvalue weighted by atomic mass is 16.5. The van der Waals surface area contributed by atoms with Gasteiger partial charge in [0.05, 0.1) is 30.1 Å². The Kier molecular flexibility index (Phi) is 7.91. The molecular weight excluding hydrogens is 596 g/mol. The number of hydrogen-bond acceptors (Lipinski definition) is 9. The SMILES string of the molecule is CC(=O)c1nn(CC(=O)N2[C@H]3C[C@@]4(CCCC=CCOCc5ccc(C)nc5NC3=O)C[C@@H]24)c2c(C)nc(-c3cnc(C)nc3)cc12. The molecule has 4 aromatic heterocycles. The molecular formula is C35H38N8O4. The maximum absolute atomic E-state index is 14.3. The summed E-state index contributed by atoms with van der Waals surface area (Å²) in [5.74, 6) is 0.411. The van der Waals surface area contributed by atoms with Gasteiger partial charge in [0.25, 0.3) is 0 Å². The van der Waals surface area contributed by atoms with E-state index in [0.717, 1.165) is 36.9 Å². The lowest BCUT2D eigenvalue weighted by atomic mass is 9.93. The maximum Gasteiger partial charge on any atom is 0.248 e. The fraction of sp³-hybridized carbons (Fsp3) is 0.429. The van der Waals surface area contributed by atoms with Gasteiger partial charge in [-0.1, -0.05) is 18.2 Å². The van der Waals surface area contributed by atoms with Crippen LogP contribution in [0, 0.1) is 26.2 Å². The van der Waals surface area contributed by atoms with E-state index in [1.54, 1.807) is 28.0 Å². The summed E-state index contributed by atoms with van der Waals surface area (Å²) in [6.45, 7) is 7.66. The van der Waals surface area contributed by atoms with Crippen LogP contribution in [0.3, 0.4) is 0 Å². The van der Waals surface area contributed by atoms with Crippen molar-refractivity contribution in [1.29, 1.82) is 0 Å². The first-order valence-electron chi connectivity index (χ1n) is 16.1. The number of Topliss-reactive ketones (excluding diaryl/α,β-unsaturated/α-hetero) is 1. The van der Waals surface area contributed by atoms with Crippen LogP contribution in [0.2, 0.25) is 0 Å². The van der Waals surface area contributed by atoms with Crippen LogP contribution in [0.5, 0.6) is 0 Å². The highest BCUT2D eigenvalue weighted by molar-refractivity contribution is 6.06. The largest absolute Gasteiger partial charge is 0.373 e. The van der Waals surface area contributed by atoms with E-state index in [1.807, 2.05) is 39.0 Å². The number of anilines is 1. The smallest absolute Gasteiger partial charge is 0.248 e. The number of pyridine rings is 2. The minimum absolute atomic E-state index is 0.0302. The summed E-state index contributed by atoms with van der Waals surface area (Å²) in [5, 5.41) is 8.28. The number of rotatable bonds is 4. The van der Waals surface area contributed by atoms with Gasteiger partial charge in [-0.15, -0.1) is 0 Å². The summed E-state index contributed by atoms with van der Waals surface area (Å²) in [6.07, 6.45) is 11.8. The monoisotopic (exact) mass is 634 g/mol. The predicted molar refractivity (Wildman–Crippen MR) is 174 cm³/mol. The summed E-state index contributed by atoms with van der Waals surface area (Å²) in [5.41, 5.74) is 4.29. The van der Waals surface area contributed by atoms with Crippen LogP contribution in [0.25, 0.3) is 22.2 Å². The number of carbonyl (C=O) groups is 3. The lowest BCUT2D eigenvalue weighted by Gasteiger charge is -2.27. The normalized spacial score (nSPS) is 22.6. The zero-order chi connectivity index (χ0) is 32.9. The fourth-order valence-electron chi connectivity index (χ4n) is 7.24. The summed E-state index contributed by atoms with van der Waals surface area (Å²) in [6, 6.07) is 4.93. The Morgan fingerprint density at radius 1 is 1.09 bits per heavy atom. The molecule has 0 radical (unpaired) electrons. The molecule has 2 aliphatic heterocycles. The quantitative estimate of drug-likeness (QED) is 0.250. The van der Waals surface area contributed by atoms with Gasteiger partial charge in [0.1, 0.15) is 29.9 Å². The first-order valence-corrected chi connectivity index (χ1v) is 16.1. The first-order chi connectivity index (χ1) is 22.6. The molecule has 6 heterocycles. The van der Waals surface area contributed by atoms with Gasteiger partial charge in [-0.25, -0.2) is 15.0 Å². The number of hydrogen-bond donors (Lipinski definition) is 1. The molecule has 1 saturated heterocycles. The molecule has 47 heavy (non-hydrogen) atoms. The van der Waals surface area contributed by atoms with Gasteiger partial charge >= 0.3 is 0 Å². The Bertz CT molecular complexity index is 1930. The van der Waals surface area contributed by atoms with Crippen LogP contribution in [0.15, 0.2) is 42.7 Å². The lowest BCUT2D eigenvalue weighted by molar-refractivity contribution is -0.138. The number of piperidine rings is 1. The van der Waals surface area contributed by atoms with Crippen molar-refractivity contribution >= 4 is 34.3 Å². The molecule has 3 aliphatic rings. The predicted octanol–water partition coefficient (Wildman–Crippen LogP) is 4.67. The van der Waals surface area contributed by atoms with Crippen molar-refractivity contribution < 1.29 is 19.1 Å². The van der Waals surface area contributed by atoms with E-state index in [4.69, 9.17) is 9.72 Å². The average Bonchev–Trinajstić information content (AvgIpc) is 3.43. The number of carbonyl (C=O) groups excluding carboxylic acids is 3. The molecule has 0 unspecified atom stereocenters. The molecule has 2 amide bonds. The Morgan fingerprint density at radius 3 is 2.68 bits per heavy atom. The number of ketones is 1. The summed E-state index contributed by atoms with van der Waals surface area (Å²) in [7, 11) is 0. The topological polar surface area (TPSA) is 145 Å². The van der Waals surface area contributed by atoms with Gasteiger partial charge in [0.2, 0.25) is 11.8 Å². The van der Waals surface area contributed by atoms with Crippen LogP contribution in [0.1, 0.15) is 72.3 Å². The van der Waals surface area contributed by atoms with Gasteiger partial charge in [-0.3, -0.25) is 24.0 Å².